The summed E-state index contributed by atoms with van der Waals surface area (Å²) in [6.07, 6.45) is 5.01. The van der Waals surface area contributed by atoms with Crippen LogP contribution >= 0.6 is 0 Å². The molecule has 0 aliphatic heterocycles. The Morgan fingerprint density at radius 2 is 2.38 bits per heavy atom. The summed E-state index contributed by atoms with van der Waals surface area (Å²) >= 11 is 0. The summed E-state index contributed by atoms with van der Waals surface area (Å²) in [5.74, 6) is 0. The Morgan fingerprint density at radius 1 is 1.46 bits per heavy atom. The molecule has 0 aromatic carbocycles. The molecule has 2 aromatic rings. The minimum Gasteiger partial charge on any atom is -0.396 e. The van der Waals surface area contributed by atoms with E-state index in [4.69, 9.17) is 5.73 Å². The molecule has 2 rings (SSSR count). The lowest BCUT2D eigenvalue weighted by atomic mass is 10.4. The zero-order chi connectivity index (χ0) is 9.10. The first-order valence-electron chi connectivity index (χ1n) is 3.89. The molecule has 0 aliphatic rings. The molecule has 0 unspecified atom stereocenters. The third kappa shape index (κ3) is 1.81. The lowest BCUT2D eigenvalue weighted by Gasteiger charge is -1.97. The van der Waals surface area contributed by atoms with Crippen LogP contribution < -0.4 is 5.73 Å². The molecule has 5 heteroatoms. The number of nitrogen functional groups attached to an aromatic ring is 1. The predicted molar refractivity (Wildman–Crippen MR) is 47.8 cm³/mol. The highest BCUT2D eigenvalue weighted by molar-refractivity contribution is 5.30. The van der Waals surface area contributed by atoms with E-state index in [-0.39, 0.29) is 0 Å². The summed E-state index contributed by atoms with van der Waals surface area (Å²) in [4.78, 5) is 0. The lowest BCUT2D eigenvalue weighted by Crippen LogP contribution is -2.02. The molecule has 0 aliphatic carbocycles. The van der Waals surface area contributed by atoms with Crippen LogP contribution in [-0.2, 0) is 6.54 Å². The summed E-state index contributed by atoms with van der Waals surface area (Å²) in [6.45, 7) is 0.602. The van der Waals surface area contributed by atoms with E-state index in [1.165, 1.54) is 0 Å². The maximum atomic E-state index is 5.51. The number of hydrogen-bond donors (Lipinski definition) is 1. The standard InChI is InChI=1S/C8H9N5/c9-7-4-11-13(5-7)6-8-2-1-3-10-12-8/h1-5H,6,9H2. The van der Waals surface area contributed by atoms with Gasteiger partial charge in [0, 0.05) is 12.4 Å². The lowest BCUT2D eigenvalue weighted by molar-refractivity contribution is 0.663. The van der Waals surface area contributed by atoms with Crippen LogP contribution in [0, 0.1) is 0 Å². The summed E-state index contributed by atoms with van der Waals surface area (Å²) < 4.78 is 1.72. The summed E-state index contributed by atoms with van der Waals surface area (Å²) in [7, 11) is 0. The number of anilines is 1. The highest BCUT2D eigenvalue weighted by Gasteiger charge is 1.97. The molecule has 66 valence electrons. The molecule has 0 fully saturated rings. The van der Waals surface area contributed by atoms with Gasteiger partial charge in [-0.1, -0.05) is 0 Å². The fraction of sp³-hybridized carbons (Fsp3) is 0.125. The van der Waals surface area contributed by atoms with E-state index in [0.717, 1.165) is 5.69 Å². The van der Waals surface area contributed by atoms with Gasteiger partial charge in [-0.2, -0.15) is 15.3 Å². The molecule has 5 nitrogen and oxygen atoms in total. The molecule has 0 radical (unpaired) electrons. The van der Waals surface area contributed by atoms with Crippen molar-refractivity contribution in [3.8, 4) is 0 Å². The van der Waals surface area contributed by atoms with Gasteiger partial charge < -0.3 is 5.73 Å². The maximum Gasteiger partial charge on any atom is 0.0850 e. The van der Waals surface area contributed by atoms with Crippen LogP contribution in [-0.4, -0.2) is 20.0 Å². The molecule has 0 saturated heterocycles. The molecular formula is C8H9N5. The van der Waals surface area contributed by atoms with Crippen LogP contribution in [0.4, 0.5) is 5.69 Å². The van der Waals surface area contributed by atoms with Crippen molar-refractivity contribution >= 4 is 5.69 Å². The van der Waals surface area contributed by atoms with E-state index in [1.54, 1.807) is 23.3 Å². The Balaban J connectivity index is 2.15. The Labute approximate surface area is 75.2 Å². The number of hydrogen-bond acceptors (Lipinski definition) is 4. The van der Waals surface area contributed by atoms with Crippen LogP contribution in [0.25, 0.3) is 0 Å². The zero-order valence-electron chi connectivity index (χ0n) is 6.96. The van der Waals surface area contributed by atoms with E-state index < -0.39 is 0 Å². The predicted octanol–water partition coefficient (Wildman–Crippen LogP) is 0.304. The van der Waals surface area contributed by atoms with Gasteiger partial charge >= 0.3 is 0 Å². The maximum absolute atomic E-state index is 5.51. The fourth-order valence-corrected chi connectivity index (χ4v) is 1.05. The average molecular weight is 175 g/mol. The van der Waals surface area contributed by atoms with Gasteiger partial charge in [0.05, 0.1) is 24.1 Å². The summed E-state index contributed by atoms with van der Waals surface area (Å²) in [6, 6.07) is 3.74. The van der Waals surface area contributed by atoms with Gasteiger partial charge in [0.1, 0.15) is 0 Å². The second-order valence-corrected chi connectivity index (χ2v) is 2.69. The SMILES string of the molecule is Nc1cnn(Cc2cccnn2)c1. The molecule has 0 saturated carbocycles. The highest BCUT2D eigenvalue weighted by atomic mass is 15.3. The molecule has 13 heavy (non-hydrogen) atoms. The second-order valence-electron chi connectivity index (χ2n) is 2.69. The molecule has 0 bridgehead atoms. The van der Waals surface area contributed by atoms with Gasteiger partial charge in [-0.05, 0) is 12.1 Å². The van der Waals surface area contributed by atoms with Crippen molar-refractivity contribution in [2.75, 3.05) is 5.73 Å². The monoisotopic (exact) mass is 175 g/mol. The Hall–Kier alpha value is -1.91. The summed E-state index contributed by atoms with van der Waals surface area (Å²) in [5, 5.41) is 11.7. The molecular weight excluding hydrogens is 166 g/mol. The highest BCUT2D eigenvalue weighted by Crippen LogP contribution is 2.00. The largest absolute Gasteiger partial charge is 0.396 e. The summed E-state index contributed by atoms with van der Waals surface area (Å²) in [5.41, 5.74) is 7.04. The Bertz CT molecular complexity index is 380. The van der Waals surface area contributed by atoms with E-state index in [0.29, 0.717) is 12.2 Å². The van der Waals surface area contributed by atoms with Gasteiger partial charge in [-0.3, -0.25) is 4.68 Å². The van der Waals surface area contributed by atoms with Crippen molar-refractivity contribution < 1.29 is 0 Å². The van der Waals surface area contributed by atoms with Crippen LogP contribution in [0.1, 0.15) is 5.69 Å². The molecule has 0 atom stereocenters. The van der Waals surface area contributed by atoms with Gasteiger partial charge in [-0.25, -0.2) is 0 Å². The number of aromatic nitrogens is 4. The first-order chi connectivity index (χ1) is 6.34. The van der Waals surface area contributed by atoms with Crippen molar-refractivity contribution in [1.82, 2.24) is 20.0 Å². The van der Waals surface area contributed by atoms with Crippen molar-refractivity contribution in [3.05, 3.63) is 36.4 Å². The van der Waals surface area contributed by atoms with Crippen molar-refractivity contribution in [2.45, 2.75) is 6.54 Å². The number of nitrogens with two attached hydrogens (primary N) is 1. The molecule has 2 heterocycles. The third-order valence-corrected chi connectivity index (χ3v) is 1.60. The van der Waals surface area contributed by atoms with E-state index >= 15 is 0 Å². The smallest absolute Gasteiger partial charge is 0.0850 e. The minimum atomic E-state index is 0.602. The van der Waals surface area contributed by atoms with E-state index in [9.17, 15) is 0 Å². The van der Waals surface area contributed by atoms with Crippen LogP contribution in [0.5, 0.6) is 0 Å². The van der Waals surface area contributed by atoms with E-state index in [2.05, 4.69) is 15.3 Å². The topological polar surface area (TPSA) is 69.6 Å². The van der Waals surface area contributed by atoms with Gasteiger partial charge in [0.25, 0.3) is 0 Å². The second kappa shape index (κ2) is 3.22. The van der Waals surface area contributed by atoms with E-state index in [1.807, 2.05) is 12.1 Å². The van der Waals surface area contributed by atoms with Gasteiger partial charge in [0.2, 0.25) is 0 Å². The van der Waals surface area contributed by atoms with Crippen molar-refractivity contribution in [3.63, 3.8) is 0 Å². The third-order valence-electron chi connectivity index (χ3n) is 1.60. The molecule has 0 spiro atoms. The Kier molecular flexibility index (Phi) is 1.91. The van der Waals surface area contributed by atoms with Crippen molar-refractivity contribution in [2.24, 2.45) is 0 Å². The van der Waals surface area contributed by atoms with Crippen LogP contribution in [0.15, 0.2) is 30.7 Å². The molecule has 2 aromatic heterocycles. The first kappa shape index (κ1) is 7.72. The van der Waals surface area contributed by atoms with Crippen LogP contribution in [0.2, 0.25) is 0 Å². The van der Waals surface area contributed by atoms with Gasteiger partial charge in [0.15, 0.2) is 0 Å². The first-order valence-corrected chi connectivity index (χ1v) is 3.89. The number of nitrogens with zero attached hydrogens (tertiary/aromatic N) is 4. The average Bonchev–Trinajstić information content (AvgIpc) is 2.53. The Morgan fingerprint density at radius 3 is 3.00 bits per heavy atom. The van der Waals surface area contributed by atoms with Crippen molar-refractivity contribution in [1.29, 1.82) is 0 Å². The number of rotatable bonds is 2. The minimum absolute atomic E-state index is 0.602. The fourth-order valence-electron chi connectivity index (χ4n) is 1.05. The van der Waals surface area contributed by atoms with Gasteiger partial charge in [-0.15, -0.1) is 0 Å². The zero-order valence-corrected chi connectivity index (χ0v) is 6.96. The molecule has 2 N–H and O–H groups in total. The van der Waals surface area contributed by atoms with Crippen LogP contribution in [0.3, 0.4) is 0 Å². The normalized spacial score (nSPS) is 10.2. The molecule has 0 amide bonds. The quantitative estimate of drug-likeness (QED) is 0.712.